The first-order valence-corrected chi connectivity index (χ1v) is 14.6. The lowest BCUT2D eigenvalue weighted by Gasteiger charge is -2.30. The SMILES string of the molecule is O=C1N[C@@H](C(=O)NCC(F)(F)F)CCCCOc2cccc(c2)C[C@H](N2CCCC2=O)C(=O)N[C@H]1CCc1ccccc1. The van der Waals surface area contributed by atoms with Gasteiger partial charge in [0.15, 0.2) is 0 Å². The highest BCUT2D eigenvalue weighted by molar-refractivity contribution is 5.94. The Morgan fingerprint density at radius 2 is 1.77 bits per heavy atom. The van der Waals surface area contributed by atoms with Crippen molar-refractivity contribution < 1.29 is 37.1 Å². The maximum atomic E-state index is 13.8. The first-order chi connectivity index (χ1) is 20.6. The van der Waals surface area contributed by atoms with E-state index in [-0.39, 0.29) is 31.8 Å². The van der Waals surface area contributed by atoms with Crippen LogP contribution in [0.5, 0.6) is 5.75 Å². The van der Waals surface area contributed by atoms with Gasteiger partial charge in [-0.1, -0.05) is 42.5 Å². The molecule has 0 aromatic heterocycles. The van der Waals surface area contributed by atoms with Crippen LogP contribution in [-0.4, -0.2) is 72.5 Å². The molecule has 0 spiro atoms. The average molecular weight is 603 g/mol. The van der Waals surface area contributed by atoms with Gasteiger partial charge in [-0.25, -0.2) is 0 Å². The predicted molar refractivity (Wildman–Crippen MR) is 152 cm³/mol. The molecule has 4 amide bonds. The summed E-state index contributed by atoms with van der Waals surface area (Å²) in [7, 11) is 0. The van der Waals surface area contributed by atoms with Crippen molar-refractivity contribution in [1.29, 1.82) is 0 Å². The van der Waals surface area contributed by atoms with Crippen molar-refractivity contribution in [2.24, 2.45) is 0 Å². The zero-order valence-corrected chi connectivity index (χ0v) is 23.8. The average Bonchev–Trinajstić information content (AvgIpc) is 3.40. The number of nitrogens with one attached hydrogen (secondary N) is 3. The molecular weight excluding hydrogens is 565 g/mol. The molecule has 2 aromatic carbocycles. The highest BCUT2D eigenvalue weighted by Crippen LogP contribution is 2.21. The van der Waals surface area contributed by atoms with Gasteiger partial charge in [0.25, 0.3) is 0 Å². The molecule has 12 heteroatoms. The zero-order valence-electron chi connectivity index (χ0n) is 23.8. The van der Waals surface area contributed by atoms with Gasteiger partial charge in [0.2, 0.25) is 23.6 Å². The third kappa shape index (κ3) is 9.72. The van der Waals surface area contributed by atoms with E-state index >= 15 is 0 Å². The number of hydrogen-bond acceptors (Lipinski definition) is 5. The Kier molecular flexibility index (Phi) is 11.0. The summed E-state index contributed by atoms with van der Waals surface area (Å²) in [5.41, 5.74) is 1.70. The van der Waals surface area contributed by atoms with E-state index in [0.717, 1.165) is 11.1 Å². The predicted octanol–water partition coefficient (Wildman–Crippen LogP) is 3.06. The van der Waals surface area contributed by atoms with Crippen LogP contribution in [0.4, 0.5) is 13.2 Å². The smallest absolute Gasteiger partial charge is 0.405 e. The monoisotopic (exact) mass is 602 g/mol. The van der Waals surface area contributed by atoms with Crippen LogP contribution in [-0.2, 0) is 32.0 Å². The number of likely N-dealkylation sites (tertiary alicyclic amines) is 1. The Morgan fingerprint density at radius 3 is 2.49 bits per heavy atom. The highest BCUT2D eigenvalue weighted by Gasteiger charge is 2.36. The molecule has 1 saturated heterocycles. The molecular formula is C31H37F3N4O5. The summed E-state index contributed by atoms with van der Waals surface area (Å²) < 4.78 is 44.3. The van der Waals surface area contributed by atoms with Gasteiger partial charge in [0.1, 0.15) is 30.4 Å². The third-order valence-electron chi connectivity index (χ3n) is 7.57. The summed E-state index contributed by atoms with van der Waals surface area (Å²) in [5, 5.41) is 7.25. The minimum Gasteiger partial charge on any atom is -0.494 e. The molecule has 3 N–H and O–H groups in total. The van der Waals surface area contributed by atoms with Crippen LogP contribution in [0.25, 0.3) is 0 Å². The molecule has 3 atom stereocenters. The molecule has 2 heterocycles. The number of nitrogens with zero attached hydrogens (tertiary/aromatic N) is 1. The Morgan fingerprint density at radius 1 is 0.977 bits per heavy atom. The number of hydrogen-bond donors (Lipinski definition) is 3. The largest absolute Gasteiger partial charge is 0.494 e. The highest BCUT2D eigenvalue weighted by atomic mass is 19.4. The Labute approximate surface area is 248 Å². The number of benzene rings is 2. The van der Waals surface area contributed by atoms with Crippen LogP contribution >= 0.6 is 0 Å². The van der Waals surface area contributed by atoms with Gasteiger partial charge in [0.05, 0.1) is 6.61 Å². The van der Waals surface area contributed by atoms with E-state index < -0.39 is 48.6 Å². The van der Waals surface area contributed by atoms with Gasteiger partial charge in [0, 0.05) is 19.4 Å². The number of carbonyl (C=O) groups excluding carboxylic acids is 4. The summed E-state index contributed by atoms with van der Waals surface area (Å²) in [6.45, 7) is -0.852. The van der Waals surface area contributed by atoms with Gasteiger partial charge in [-0.05, 0) is 61.8 Å². The van der Waals surface area contributed by atoms with E-state index in [2.05, 4.69) is 10.6 Å². The lowest BCUT2D eigenvalue weighted by molar-refractivity contribution is -0.141. The molecule has 232 valence electrons. The maximum Gasteiger partial charge on any atom is 0.405 e. The summed E-state index contributed by atoms with van der Waals surface area (Å²) in [4.78, 5) is 54.4. The number of carbonyl (C=O) groups is 4. The Hall–Kier alpha value is -4.09. The van der Waals surface area contributed by atoms with E-state index in [1.807, 2.05) is 41.7 Å². The fourth-order valence-electron chi connectivity index (χ4n) is 5.31. The number of alkyl halides is 3. The van der Waals surface area contributed by atoms with E-state index in [0.29, 0.717) is 44.4 Å². The van der Waals surface area contributed by atoms with Crippen molar-refractivity contribution in [3.05, 3.63) is 65.7 Å². The topological polar surface area (TPSA) is 117 Å². The van der Waals surface area contributed by atoms with Crippen molar-refractivity contribution in [1.82, 2.24) is 20.9 Å². The Bertz CT molecular complexity index is 1270. The van der Waals surface area contributed by atoms with Gasteiger partial charge in [-0.15, -0.1) is 0 Å². The molecule has 0 aliphatic carbocycles. The number of amides is 4. The van der Waals surface area contributed by atoms with Crippen molar-refractivity contribution >= 4 is 23.6 Å². The fourth-order valence-corrected chi connectivity index (χ4v) is 5.31. The van der Waals surface area contributed by atoms with Crippen molar-refractivity contribution in [2.75, 3.05) is 19.7 Å². The molecule has 1 fully saturated rings. The van der Waals surface area contributed by atoms with Gasteiger partial charge >= 0.3 is 6.18 Å². The van der Waals surface area contributed by atoms with Crippen molar-refractivity contribution in [3.8, 4) is 5.75 Å². The number of aryl methyl sites for hydroxylation is 1. The molecule has 2 aliphatic heterocycles. The van der Waals surface area contributed by atoms with Crippen LogP contribution < -0.4 is 20.7 Å². The minimum absolute atomic E-state index is 0.0725. The molecule has 4 rings (SSSR count). The number of halogens is 3. The first kappa shape index (κ1) is 31.8. The number of rotatable bonds is 6. The van der Waals surface area contributed by atoms with Crippen molar-refractivity contribution in [2.45, 2.75) is 75.7 Å². The first-order valence-electron chi connectivity index (χ1n) is 14.6. The van der Waals surface area contributed by atoms with E-state index in [9.17, 15) is 32.3 Å². The second-order valence-electron chi connectivity index (χ2n) is 10.9. The summed E-state index contributed by atoms with van der Waals surface area (Å²) in [5.74, 6) is -1.76. The van der Waals surface area contributed by atoms with Crippen LogP contribution in [0.3, 0.4) is 0 Å². The zero-order chi connectivity index (χ0) is 30.8. The fraction of sp³-hybridized carbons (Fsp3) is 0.484. The summed E-state index contributed by atoms with van der Waals surface area (Å²) in [6, 6.07) is 13.3. The van der Waals surface area contributed by atoms with Crippen molar-refractivity contribution in [3.63, 3.8) is 0 Å². The van der Waals surface area contributed by atoms with Crippen LogP contribution in [0, 0.1) is 0 Å². The summed E-state index contributed by atoms with van der Waals surface area (Å²) in [6.07, 6.45) is -1.95. The molecule has 0 unspecified atom stereocenters. The molecule has 2 aliphatic rings. The van der Waals surface area contributed by atoms with Crippen LogP contribution in [0.1, 0.15) is 49.7 Å². The summed E-state index contributed by atoms with van der Waals surface area (Å²) >= 11 is 0. The molecule has 43 heavy (non-hydrogen) atoms. The standard InChI is InChI=1S/C31H37F3N4O5/c32-31(33,34)20-35-28(40)24-12-4-5-17-43-23-11-6-10-22(18-23)19-26(38-16-7-13-27(38)39)30(42)37-25(29(41)36-24)15-14-21-8-2-1-3-9-21/h1-3,6,8-11,18,24-26H,4-5,7,12-17,19-20H2,(H,35,40)(H,36,41)(H,37,42)/t24-,25+,26+/m1/s1. The van der Waals surface area contributed by atoms with Gasteiger partial charge in [-0.3, -0.25) is 19.2 Å². The third-order valence-corrected chi connectivity index (χ3v) is 7.57. The molecule has 2 aromatic rings. The van der Waals surface area contributed by atoms with E-state index in [1.165, 1.54) is 4.90 Å². The normalized spacial score (nSPS) is 22.3. The van der Waals surface area contributed by atoms with Crippen LogP contribution in [0.15, 0.2) is 54.6 Å². The van der Waals surface area contributed by atoms with Gasteiger partial charge in [-0.2, -0.15) is 13.2 Å². The number of fused-ring (bicyclic) bond motifs is 2. The molecule has 2 bridgehead atoms. The number of ether oxygens (including phenoxy) is 1. The molecule has 0 saturated carbocycles. The van der Waals surface area contributed by atoms with E-state index in [4.69, 9.17) is 4.74 Å². The van der Waals surface area contributed by atoms with Gasteiger partial charge < -0.3 is 25.6 Å². The molecule has 9 nitrogen and oxygen atoms in total. The Balaban J connectivity index is 1.62. The minimum atomic E-state index is -4.62. The molecule has 0 radical (unpaired) electrons. The maximum absolute atomic E-state index is 13.8. The lowest BCUT2D eigenvalue weighted by Crippen LogP contribution is -2.57. The van der Waals surface area contributed by atoms with E-state index in [1.54, 1.807) is 18.2 Å². The second-order valence-corrected chi connectivity index (χ2v) is 10.9. The van der Waals surface area contributed by atoms with Crippen LogP contribution in [0.2, 0.25) is 0 Å². The lowest BCUT2D eigenvalue weighted by atomic mass is 10.0. The second kappa shape index (κ2) is 14.9. The quantitative estimate of drug-likeness (QED) is 0.470.